The van der Waals surface area contributed by atoms with Crippen LogP contribution in [0.15, 0.2) is 12.1 Å². The van der Waals surface area contributed by atoms with Crippen molar-refractivity contribution in [2.24, 2.45) is 0 Å². The molecule has 1 aromatic carbocycles. The quantitative estimate of drug-likeness (QED) is 0.838. The Hall–Kier alpha value is -2.44. The van der Waals surface area contributed by atoms with Gasteiger partial charge in [0.05, 0.1) is 19.6 Å². The van der Waals surface area contributed by atoms with Gasteiger partial charge in [-0.05, 0) is 17.7 Å². The van der Waals surface area contributed by atoms with E-state index in [1.165, 1.54) is 14.0 Å². The van der Waals surface area contributed by atoms with Crippen LogP contribution in [0.3, 0.4) is 0 Å². The van der Waals surface area contributed by atoms with Gasteiger partial charge in [0.15, 0.2) is 11.5 Å². The van der Waals surface area contributed by atoms with E-state index >= 15 is 0 Å². The van der Waals surface area contributed by atoms with Crippen LogP contribution in [-0.2, 0) is 9.59 Å². The van der Waals surface area contributed by atoms with Crippen molar-refractivity contribution in [2.45, 2.75) is 19.4 Å². The first-order valence-electron chi connectivity index (χ1n) is 5.97. The van der Waals surface area contributed by atoms with Gasteiger partial charge in [-0.2, -0.15) is 0 Å². The van der Waals surface area contributed by atoms with Gasteiger partial charge >= 0.3 is 5.97 Å². The van der Waals surface area contributed by atoms with Crippen LogP contribution >= 0.6 is 0 Å². The molecule has 0 aromatic heterocycles. The van der Waals surface area contributed by atoms with Gasteiger partial charge in [-0.25, -0.2) is 0 Å². The highest BCUT2D eigenvalue weighted by Crippen LogP contribution is 2.43. The summed E-state index contributed by atoms with van der Waals surface area (Å²) >= 11 is 0. The number of ether oxygens (including phenoxy) is 3. The second-order valence-electron chi connectivity index (χ2n) is 4.31. The first-order valence-corrected chi connectivity index (χ1v) is 5.97. The highest BCUT2D eigenvalue weighted by molar-refractivity contribution is 5.75. The van der Waals surface area contributed by atoms with Crippen molar-refractivity contribution in [2.75, 3.05) is 13.9 Å². The molecular weight excluding hydrogens is 266 g/mol. The fourth-order valence-electron chi connectivity index (χ4n) is 2.02. The van der Waals surface area contributed by atoms with Crippen LogP contribution in [0.4, 0.5) is 0 Å². The zero-order valence-corrected chi connectivity index (χ0v) is 11.1. The molecule has 0 bridgehead atoms. The van der Waals surface area contributed by atoms with Gasteiger partial charge in [0.25, 0.3) is 0 Å². The van der Waals surface area contributed by atoms with E-state index in [1.807, 2.05) is 0 Å². The SMILES string of the molecule is COc1cc([C@@H](CC(=O)O)NC(C)=O)cc2c1OCO2. The number of methoxy groups -OCH3 is 1. The van der Waals surface area contributed by atoms with Crippen molar-refractivity contribution in [3.05, 3.63) is 17.7 Å². The van der Waals surface area contributed by atoms with E-state index in [1.54, 1.807) is 12.1 Å². The summed E-state index contributed by atoms with van der Waals surface area (Å²) in [5.41, 5.74) is 0.587. The lowest BCUT2D eigenvalue weighted by Crippen LogP contribution is -2.28. The van der Waals surface area contributed by atoms with Gasteiger partial charge in [-0.15, -0.1) is 0 Å². The lowest BCUT2D eigenvalue weighted by Gasteiger charge is -2.18. The van der Waals surface area contributed by atoms with Gasteiger partial charge in [-0.1, -0.05) is 0 Å². The number of hydrogen-bond donors (Lipinski definition) is 2. The van der Waals surface area contributed by atoms with E-state index in [4.69, 9.17) is 19.3 Å². The Kier molecular flexibility index (Phi) is 3.97. The number of amides is 1. The molecule has 20 heavy (non-hydrogen) atoms. The Morgan fingerprint density at radius 1 is 1.45 bits per heavy atom. The summed E-state index contributed by atoms with van der Waals surface area (Å²) in [7, 11) is 1.48. The van der Waals surface area contributed by atoms with Crippen LogP contribution in [0.1, 0.15) is 24.9 Å². The lowest BCUT2D eigenvalue weighted by atomic mass is 10.0. The molecule has 1 amide bonds. The van der Waals surface area contributed by atoms with Crippen LogP contribution in [0, 0.1) is 0 Å². The second kappa shape index (κ2) is 5.68. The number of rotatable bonds is 5. The largest absolute Gasteiger partial charge is 0.493 e. The first-order chi connectivity index (χ1) is 9.51. The van der Waals surface area contributed by atoms with Crippen molar-refractivity contribution in [3.8, 4) is 17.2 Å². The number of benzene rings is 1. The number of carboxylic acids is 1. The number of aliphatic carboxylic acids is 1. The Morgan fingerprint density at radius 2 is 2.20 bits per heavy atom. The third kappa shape index (κ3) is 2.93. The average Bonchev–Trinajstić information content (AvgIpc) is 2.83. The summed E-state index contributed by atoms with van der Waals surface area (Å²) in [6, 6.07) is 2.62. The van der Waals surface area contributed by atoms with E-state index in [2.05, 4.69) is 5.32 Å². The standard InChI is InChI=1S/C13H15NO6/c1-7(15)14-9(5-12(16)17)8-3-10(18-2)13-11(4-8)19-6-20-13/h3-4,9H,5-6H2,1-2H3,(H,14,15)(H,16,17)/t9-/m1/s1. The van der Waals surface area contributed by atoms with E-state index < -0.39 is 12.0 Å². The molecule has 2 N–H and O–H groups in total. The molecule has 0 fully saturated rings. The molecule has 1 atom stereocenters. The van der Waals surface area contributed by atoms with Gasteiger partial charge in [0.2, 0.25) is 18.4 Å². The molecule has 7 heteroatoms. The lowest BCUT2D eigenvalue weighted by molar-refractivity contribution is -0.137. The molecule has 7 nitrogen and oxygen atoms in total. The Labute approximate surface area is 115 Å². The molecule has 1 aliphatic rings. The smallest absolute Gasteiger partial charge is 0.305 e. The maximum Gasteiger partial charge on any atom is 0.305 e. The van der Waals surface area contributed by atoms with Crippen LogP contribution in [0.2, 0.25) is 0 Å². The summed E-state index contributed by atoms with van der Waals surface area (Å²) in [5, 5.41) is 11.5. The molecule has 0 unspecified atom stereocenters. The second-order valence-corrected chi connectivity index (χ2v) is 4.31. The molecule has 1 aliphatic heterocycles. The third-order valence-electron chi connectivity index (χ3n) is 2.84. The molecule has 108 valence electrons. The van der Waals surface area contributed by atoms with Crippen LogP contribution < -0.4 is 19.5 Å². The zero-order chi connectivity index (χ0) is 14.7. The molecule has 1 aromatic rings. The minimum absolute atomic E-state index is 0.0822. The van der Waals surface area contributed by atoms with Crippen molar-refractivity contribution in [1.82, 2.24) is 5.32 Å². The van der Waals surface area contributed by atoms with Gasteiger partial charge in [-0.3, -0.25) is 9.59 Å². The van der Waals surface area contributed by atoms with E-state index in [0.29, 0.717) is 22.8 Å². The van der Waals surface area contributed by atoms with Crippen molar-refractivity contribution in [3.63, 3.8) is 0 Å². The average molecular weight is 281 g/mol. The Bertz CT molecular complexity index is 526. The van der Waals surface area contributed by atoms with Gasteiger partial charge in [0, 0.05) is 6.92 Å². The number of carbonyl (C=O) groups excluding carboxylic acids is 1. The molecule has 0 aliphatic carbocycles. The predicted octanol–water partition coefficient (Wildman–Crippen LogP) is 1.08. The highest BCUT2D eigenvalue weighted by Gasteiger charge is 2.24. The minimum atomic E-state index is -1.01. The first kappa shape index (κ1) is 14.0. The summed E-state index contributed by atoms with van der Waals surface area (Å²) in [4.78, 5) is 22.1. The normalized spacial score (nSPS) is 13.7. The number of hydrogen-bond acceptors (Lipinski definition) is 5. The topological polar surface area (TPSA) is 94.1 Å². The molecule has 1 heterocycles. The molecule has 2 rings (SSSR count). The van der Waals surface area contributed by atoms with Crippen LogP contribution in [0.25, 0.3) is 0 Å². The number of nitrogens with one attached hydrogen (secondary N) is 1. The Balaban J connectivity index is 2.37. The summed E-state index contributed by atoms with van der Waals surface area (Å²) in [6.45, 7) is 1.41. The predicted molar refractivity (Wildman–Crippen MR) is 67.9 cm³/mol. The van der Waals surface area contributed by atoms with E-state index in [0.717, 1.165) is 0 Å². The molecular formula is C13H15NO6. The summed E-state index contributed by atoms with van der Waals surface area (Å²) in [6.07, 6.45) is -0.234. The fourth-order valence-corrected chi connectivity index (χ4v) is 2.02. The van der Waals surface area contributed by atoms with Crippen molar-refractivity contribution in [1.29, 1.82) is 0 Å². The minimum Gasteiger partial charge on any atom is -0.493 e. The van der Waals surface area contributed by atoms with Crippen LogP contribution in [0.5, 0.6) is 17.2 Å². The maximum absolute atomic E-state index is 11.2. The molecule has 0 saturated carbocycles. The Morgan fingerprint density at radius 3 is 2.80 bits per heavy atom. The van der Waals surface area contributed by atoms with Gasteiger partial charge in [0.1, 0.15) is 0 Å². The monoisotopic (exact) mass is 281 g/mol. The van der Waals surface area contributed by atoms with E-state index in [-0.39, 0.29) is 19.1 Å². The van der Waals surface area contributed by atoms with E-state index in [9.17, 15) is 9.59 Å². The summed E-state index contributed by atoms with van der Waals surface area (Å²) in [5.74, 6) is 0.0669. The third-order valence-corrected chi connectivity index (χ3v) is 2.84. The summed E-state index contributed by atoms with van der Waals surface area (Å²) < 4.78 is 15.7. The maximum atomic E-state index is 11.2. The molecule has 0 spiro atoms. The molecule has 0 radical (unpaired) electrons. The van der Waals surface area contributed by atoms with Crippen molar-refractivity contribution >= 4 is 11.9 Å². The number of fused-ring (bicyclic) bond motifs is 1. The highest BCUT2D eigenvalue weighted by atomic mass is 16.7. The molecule has 0 saturated heterocycles. The van der Waals surface area contributed by atoms with Crippen molar-refractivity contribution < 1.29 is 28.9 Å². The zero-order valence-electron chi connectivity index (χ0n) is 11.1. The number of carbonyl (C=O) groups is 2. The fraction of sp³-hybridized carbons (Fsp3) is 0.385. The van der Waals surface area contributed by atoms with Crippen LogP contribution in [-0.4, -0.2) is 30.9 Å². The van der Waals surface area contributed by atoms with Gasteiger partial charge < -0.3 is 24.6 Å². The number of carboxylic acid groups (broad SMARTS) is 1.